The van der Waals surface area contributed by atoms with Crippen LogP contribution < -0.4 is 10.7 Å². The Bertz CT molecular complexity index is 1300. The SMILES string of the molecule is CC(OC(=O)Cn1c2ccccc2c(=O)c2ccccc21)C(=O)NCc1ccc(F)cc1. The summed E-state index contributed by atoms with van der Waals surface area (Å²) in [6.07, 6.45) is -1.01. The van der Waals surface area contributed by atoms with Gasteiger partial charge in [-0.1, -0.05) is 36.4 Å². The van der Waals surface area contributed by atoms with Crippen LogP contribution in [-0.2, 0) is 27.4 Å². The van der Waals surface area contributed by atoms with Gasteiger partial charge in [0.1, 0.15) is 12.4 Å². The minimum Gasteiger partial charge on any atom is -0.451 e. The van der Waals surface area contributed by atoms with Crippen molar-refractivity contribution in [1.29, 1.82) is 0 Å². The zero-order valence-electron chi connectivity index (χ0n) is 17.4. The van der Waals surface area contributed by atoms with Crippen LogP contribution in [0.15, 0.2) is 77.6 Å². The average molecular weight is 432 g/mol. The molecule has 0 aliphatic rings. The number of nitrogens with one attached hydrogen (secondary N) is 1. The molecule has 162 valence electrons. The number of hydrogen-bond donors (Lipinski definition) is 1. The summed E-state index contributed by atoms with van der Waals surface area (Å²) in [5, 5.41) is 3.67. The van der Waals surface area contributed by atoms with Crippen LogP contribution in [0.5, 0.6) is 0 Å². The van der Waals surface area contributed by atoms with Crippen molar-refractivity contribution in [2.24, 2.45) is 0 Å². The number of aromatic nitrogens is 1. The largest absolute Gasteiger partial charge is 0.451 e. The maximum absolute atomic E-state index is 13.0. The summed E-state index contributed by atoms with van der Waals surface area (Å²) in [6.45, 7) is 1.52. The lowest BCUT2D eigenvalue weighted by Gasteiger charge is -2.17. The second-order valence-corrected chi connectivity index (χ2v) is 7.43. The summed E-state index contributed by atoms with van der Waals surface area (Å²) in [6, 6.07) is 19.9. The molecular formula is C25H21FN2O4. The van der Waals surface area contributed by atoms with E-state index in [0.29, 0.717) is 21.8 Å². The third kappa shape index (κ3) is 4.37. The van der Waals surface area contributed by atoms with Crippen molar-refractivity contribution in [2.45, 2.75) is 26.1 Å². The van der Waals surface area contributed by atoms with Crippen molar-refractivity contribution in [1.82, 2.24) is 9.88 Å². The molecule has 4 rings (SSSR count). The van der Waals surface area contributed by atoms with Crippen LogP contribution >= 0.6 is 0 Å². The highest BCUT2D eigenvalue weighted by molar-refractivity contribution is 5.94. The van der Waals surface area contributed by atoms with E-state index in [1.165, 1.54) is 19.1 Å². The van der Waals surface area contributed by atoms with Crippen molar-refractivity contribution in [2.75, 3.05) is 0 Å². The van der Waals surface area contributed by atoms with Gasteiger partial charge in [-0.05, 0) is 48.9 Å². The van der Waals surface area contributed by atoms with E-state index in [1.807, 2.05) is 0 Å². The first-order valence-electron chi connectivity index (χ1n) is 10.2. The normalized spacial score (nSPS) is 11.9. The second kappa shape index (κ2) is 9.01. The van der Waals surface area contributed by atoms with Gasteiger partial charge in [-0.15, -0.1) is 0 Å². The molecule has 1 unspecified atom stereocenters. The Kier molecular flexibility index (Phi) is 5.98. The molecular weight excluding hydrogens is 411 g/mol. The average Bonchev–Trinajstić information content (AvgIpc) is 2.81. The molecule has 3 aromatic carbocycles. The molecule has 7 heteroatoms. The van der Waals surface area contributed by atoms with Crippen molar-refractivity contribution >= 4 is 33.7 Å². The maximum atomic E-state index is 13.0. The Balaban J connectivity index is 1.50. The molecule has 4 aromatic rings. The summed E-state index contributed by atoms with van der Waals surface area (Å²) in [7, 11) is 0. The smallest absolute Gasteiger partial charge is 0.326 e. The highest BCUT2D eigenvalue weighted by atomic mass is 19.1. The Labute approximate surface area is 183 Å². The number of nitrogens with zero attached hydrogens (tertiary/aromatic N) is 1. The Morgan fingerprint density at radius 1 is 0.938 bits per heavy atom. The van der Waals surface area contributed by atoms with Crippen molar-refractivity contribution in [3.63, 3.8) is 0 Å². The van der Waals surface area contributed by atoms with Crippen LogP contribution in [0, 0.1) is 5.82 Å². The monoisotopic (exact) mass is 432 g/mol. The van der Waals surface area contributed by atoms with Gasteiger partial charge in [0, 0.05) is 17.3 Å². The Morgan fingerprint density at radius 2 is 1.50 bits per heavy atom. The molecule has 32 heavy (non-hydrogen) atoms. The predicted octanol–water partition coefficient (Wildman–Crippen LogP) is 3.54. The van der Waals surface area contributed by atoms with Gasteiger partial charge in [-0.25, -0.2) is 4.39 Å². The number of carbonyl (C=O) groups is 2. The zero-order chi connectivity index (χ0) is 22.7. The molecule has 1 heterocycles. The summed E-state index contributed by atoms with van der Waals surface area (Å²) in [4.78, 5) is 37.8. The Hall–Kier alpha value is -4.00. The quantitative estimate of drug-likeness (QED) is 0.374. The van der Waals surface area contributed by atoms with Crippen LogP contribution in [0.25, 0.3) is 21.8 Å². The molecule has 0 aliphatic heterocycles. The molecule has 1 amide bonds. The van der Waals surface area contributed by atoms with Gasteiger partial charge in [0.2, 0.25) is 0 Å². The predicted molar refractivity (Wildman–Crippen MR) is 120 cm³/mol. The molecule has 0 radical (unpaired) electrons. The number of ether oxygens (including phenoxy) is 1. The first-order valence-corrected chi connectivity index (χ1v) is 10.2. The molecule has 0 spiro atoms. The number of benzene rings is 3. The minimum absolute atomic E-state index is 0.102. The zero-order valence-corrected chi connectivity index (χ0v) is 17.4. The van der Waals surface area contributed by atoms with Crippen molar-refractivity contribution in [3.05, 3.63) is 94.4 Å². The van der Waals surface area contributed by atoms with E-state index in [-0.39, 0.29) is 24.3 Å². The minimum atomic E-state index is -1.01. The second-order valence-electron chi connectivity index (χ2n) is 7.43. The molecule has 0 saturated heterocycles. The summed E-state index contributed by atoms with van der Waals surface area (Å²) in [5.41, 5.74) is 1.85. The maximum Gasteiger partial charge on any atom is 0.326 e. The third-order valence-corrected chi connectivity index (χ3v) is 5.22. The van der Waals surface area contributed by atoms with Gasteiger partial charge in [-0.2, -0.15) is 0 Å². The molecule has 6 nitrogen and oxygen atoms in total. The summed E-state index contributed by atoms with van der Waals surface area (Å²) in [5.74, 6) is -1.42. The van der Waals surface area contributed by atoms with E-state index in [9.17, 15) is 18.8 Å². The van der Waals surface area contributed by atoms with E-state index in [1.54, 1.807) is 65.2 Å². The number of halogens is 1. The molecule has 0 aliphatic carbocycles. The van der Waals surface area contributed by atoms with E-state index < -0.39 is 18.0 Å². The van der Waals surface area contributed by atoms with Gasteiger partial charge < -0.3 is 14.6 Å². The summed E-state index contributed by atoms with van der Waals surface area (Å²) >= 11 is 0. The fourth-order valence-corrected chi connectivity index (χ4v) is 3.60. The molecule has 1 aromatic heterocycles. The van der Waals surface area contributed by atoms with Gasteiger partial charge in [0.25, 0.3) is 5.91 Å². The number of rotatable bonds is 6. The number of pyridine rings is 1. The Morgan fingerprint density at radius 3 is 2.09 bits per heavy atom. The van der Waals surface area contributed by atoms with Crippen LogP contribution in [-0.4, -0.2) is 22.5 Å². The van der Waals surface area contributed by atoms with Gasteiger partial charge in [0.05, 0.1) is 11.0 Å². The lowest BCUT2D eigenvalue weighted by molar-refractivity contribution is -0.155. The van der Waals surface area contributed by atoms with Crippen LogP contribution in [0.4, 0.5) is 4.39 Å². The molecule has 0 bridgehead atoms. The number of fused-ring (bicyclic) bond motifs is 2. The third-order valence-electron chi connectivity index (χ3n) is 5.22. The molecule has 0 fully saturated rings. The molecule has 1 N–H and O–H groups in total. The van der Waals surface area contributed by atoms with Gasteiger partial charge in [-0.3, -0.25) is 14.4 Å². The molecule has 1 atom stereocenters. The fraction of sp³-hybridized carbons (Fsp3) is 0.160. The standard InChI is InChI=1S/C25H21FN2O4/c1-16(25(31)27-14-17-10-12-18(26)13-11-17)32-23(29)15-28-21-8-4-2-6-19(21)24(30)20-7-3-5-9-22(20)28/h2-13,16H,14-15H2,1H3,(H,27,31). The van der Waals surface area contributed by atoms with Crippen LogP contribution in [0.3, 0.4) is 0 Å². The van der Waals surface area contributed by atoms with E-state index in [0.717, 1.165) is 5.56 Å². The van der Waals surface area contributed by atoms with Gasteiger partial charge in [0.15, 0.2) is 11.5 Å². The lowest BCUT2D eigenvalue weighted by atomic mass is 10.1. The lowest BCUT2D eigenvalue weighted by Crippen LogP contribution is -2.36. The van der Waals surface area contributed by atoms with E-state index in [2.05, 4.69) is 5.32 Å². The molecule has 0 saturated carbocycles. The number of amides is 1. The summed E-state index contributed by atoms with van der Waals surface area (Å²) < 4.78 is 20.1. The highest BCUT2D eigenvalue weighted by Crippen LogP contribution is 2.19. The number of carbonyl (C=O) groups excluding carboxylic acids is 2. The van der Waals surface area contributed by atoms with E-state index in [4.69, 9.17) is 4.74 Å². The number of para-hydroxylation sites is 2. The first kappa shape index (κ1) is 21.2. The van der Waals surface area contributed by atoms with Crippen molar-refractivity contribution < 1.29 is 18.7 Å². The first-order chi connectivity index (χ1) is 15.4. The van der Waals surface area contributed by atoms with Crippen LogP contribution in [0.2, 0.25) is 0 Å². The van der Waals surface area contributed by atoms with Crippen molar-refractivity contribution in [3.8, 4) is 0 Å². The topological polar surface area (TPSA) is 77.4 Å². The highest BCUT2D eigenvalue weighted by Gasteiger charge is 2.19. The fourth-order valence-electron chi connectivity index (χ4n) is 3.60. The number of esters is 1. The number of hydrogen-bond acceptors (Lipinski definition) is 4. The van der Waals surface area contributed by atoms with Crippen LogP contribution in [0.1, 0.15) is 12.5 Å². The van der Waals surface area contributed by atoms with Gasteiger partial charge >= 0.3 is 5.97 Å². The van der Waals surface area contributed by atoms with E-state index >= 15 is 0 Å².